The van der Waals surface area contributed by atoms with Gasteiger partial charge in [-0.25, -0.2) is 9.79 Å². The van der Waals surface area contributed by atoms with Crippen LogP contribution in [0.3, 0.4) is 0 Å². The van der Waals surface area contributed by atoms with Crippen LogP contribution in [0.2, 0.25) is 0 Å². The Hall–Kier alpha value is -4.55. The van der Waals surface area contributed by atoms with Gasteiger partial charge >= 0.3 is 5.97 Å². The van der Waals surface area contributed by atoms with Crippen LogP contribution in [0.1, 0.15) is 21.5 Å². The van der Waals surface area contributed by atoms with Gasteiger partial charge in [0.05, 0.1) is 29.8 Å². The molecule has 1 N–H and O–H groups in total. The Labute approximate surface area is 212 Å². The molecule has 0 spiro atoms. The van der Waals surface area contributed by atoms with Crippen molar-refractivity contribution < 1.29 is 24.2 Å². The second kappa shape index (κ2) is 11.3. The lowest BCUT2D eigenvalue weighted by Gasteiger charge is -2.16. The van der Waals surface area contributed by atoms with Crippen LogP contribution in [0, 0.1) is 11.3 Å². The molecule has 9 heteroatoms. The van der Waals surface area contributed by atoms with Crippen molar-refractivity contribution in [1.82, 2.24) is 4.90 Å². The Bertz CT molecular complexity index is 1380. The summed E-state index contributed by atoms with van der Waals surface area (Å²) in [6.07, 6.45) is 1.75. The van der Waals surface area contributed by atoms with E-state index in [1.807, 2.05) is 36.4 Å². The molecule has 0 aromatic heterocycles. The highest BCUT2D eigenvalue weighted by Crippen LogP contribution is 2.36. The van der Waals surface area contributed by atoms with Gasteiger partial charge in [-0.15, -0.1) is 0 Å². The van der Waals surface area contributed by atoms with Crippen molar-refractivity contribution in [3.8, 4) is 17.6 Å². The zero-order chi connectivity index (χ0) is 25.5. The molecule has 8 nitrogen and oxygen atoms in total. The summed E-state index contributed by atoms with van der Waals surface area (Å²) in [5.74, 6) is -0.348. The lowest BCUT2D eigenvalue weighted by molar-refractivity contribution is -0.122. The van der Waals surface area contributed by atoms with Gasteiger partial charge in [0.15, 0.2) is 23.3 Å². The number of amides is 1. The topological polar surface area (TPSA) is 112 Å². The number of para-hydroxylation sites is 1. The molecule has 36 heavy (non-hydrogen) atoms. The van der Waals surface area contributed by atoms with Gasteiger partial charge in [-0.05, 0) is 65.4 Å². The highest BCUT2D eigenvalue weighted by atomic mass is 32.2. The summed E-state index contributed by atoms with van der Waals surface area (Å²) in [5, 5.41) is 18.4. The molecule has 1 aliphatic heterocycles. The second-order valence-electron chi connectivity index (χ2n) is 7.59. The van der Waals surface area contributed by atoms with Crippen molar-refractivity contribution in [2.45, 2.75) is 6.54 Å². The first-order chi connectivity index (χ1) is 17.5. The molecular weight excluding hydrogens is 478 g/mol. The maximum absolute atomic E-state index is 13.4. The maximum Gasteiger partial charge on any atom is 0.335 e. The van der Waals surface area contributed by atoms with E-state index in [1.54, 1.807) is 41.3 Å². The number of benzene rings is 3. The minimum atomic E-state index is -1.01. The van der Waals surface area contributed by atoms with Crippen molar-refractivity contribution >= 4 is 40.6 Å². The fourth-order valence-corrected chi connectivity index (χ4v) is 4.43. The predicted molar refractivity (Wildman–Crippen MR) is 137 cm³/mol. The highest BCUT2D eigenvalue weighted by molar-refractivity contribution is 8.18. The number of hydrogen-bond donors (Lipinski definition) is 1. The Balaban J connectivity index is 1.66. The van der Waals surface area contributed by atoms with Crippen LogP contribution in [0.25, 0.3) is 6.08 Å². The predicted octanol–water partition coefficient (Wildman–Crippen LogP) is 5.10. The summed E-state index contributed by atoms with van der Waals surface area (Å²) in [6.45, 7) is 0.131. The van der Waals surface area contributed by atoms with Crippen LogP contribution in [0.4, 0.5) is 5.69 Å². The van der Waals surface area contributed by atoms with E-state index in [0.29, 0.717) is 27.3 Å². The van der Waals surface area contributed by atoms with E-state index in [0.717, 1.165) is 11.1 Å². The molecule has 1 fully saturated rings. The molecular formula is C27H21N3O5S. The molecule has 0 aliphatic carbocycles. The van der Waals surface area contributed by atoms with E-state index in [1.165, 1.54) is 31.0 Å². The number of amidine groups is 1. The Kier molecular flexibility index (Phi) is 7.68. The number of aromatic carboxylic acids is 1. The van der Waals surface area contributed by atoms with Gasteiger partial charge in [-0.1, -0.05) is 36.4 Å². The van der Waals surface area contributed by atoms with E-state index in [2.05, 4.69) is 4.99 Å². The Morgan fingerprint density at radius 3 is 2.53 bits per heavy atom. The number of hydrogen-bond acceptors (Lipinski definition) is 7. The summed E-state index contributed by atoms with van der Waals surface area (Å²) in [6, 6.07) is 22.8. The van der Waals surface area contributed by atoms with Gasteiger partial charge in [0.2, 0.25) is 0 Å². The SMILES string of the molecule is COc1cc(/C=C2\SC(=Nc3ccccc3)N(Cc3ccc(C(=O)O)cc3)C2=O)ccc1OCC#N. The Morgan fingerprint density at radius 2 is 1.86 bits per heavy atom. The maximum atomic E-state index is 13.4. The molecule has 1 amide bonds. The average Bonchev–Trinajstić information content (AvgIpc) is 3.17. The zero-order valence-electron chi connectivity index (χ0n) is 19.2. The number of carbonyl (C=O) groups is 2. The normalized spacial score (nSPS) is 15.2. The number of nitriles is 1. The van der Waals surface area contributed by atoms with E-state index in [-0.39, 0.29) is 24.6 Å². The molecule has 3 aromatic carbocycles. The zero-order valence-corrected chi connectivity index (χ0v) is 20.1. The summed E-state index contributed by atoms with van der Waals surface area (Å²) < 4.78 is 10.7. The first kappa shape index (κ1) is 24.6. The standard InChI is InChI=1S/C27H21N3O5S/c1-34-23-15-19(9-12-22(23)35-14-13-28)16-24-25(31)30(17-18-7-10-20(11-8-18)26(32)33)27(36-24)29-21-5-3-2-4-6-21/h2-12,15-16H,14,17H2,1H3,(H,32,33)/b24-16-,29-27?. The summed E-state index contributed by atoms with van der Waals surface area (Å²) >= 11 is 1.25. The van der Waals surface area contributed by atoms with E-state index in [9.17, 15) is 9.59 Å². The lowest BCUT2D eigenvalue weighted by Crippen LogP contribution is -2.28. The fourth-order valence-electron chi connectivity index (χ4n) is 3.43. The third-order valence-electron chi connectivity index (χ3n) is 5.19. The first-order valence-electron chi connectivity index (χ1n) is 10.8. The number of methoxy groups -OCH3 is 1. The van der Waals surface area contributed by atoms with Crippen LogP contribution in [-0.2, 0) is 11.3 Å². The number of ether oxygens (including phenoxy) is 2. The van der Waals surface area contributed by atoms with E-state index >= 15 is 0 Å². The molecule has 0 atom stereocenters. The van der Waals surface area contributed by atoms with Gasteiger partial charge in [0.1, 0.15) is 6.07 Å². The molecule has 1 heterocycles. The van der Waals surface area contributed by atoms with Crippen LogP contribution in [-0.4, -0.2) is 40.8 Å². The quantitative estimate of drug-likeness (QED) is 0.429. The first-order valence-corrected chi connectivity index (χ1v) is 11.7. The number of thioether (sulfide) groups is 1. The number of rotatable bonds is 8. The smallest absolute Gasteiger partial charge is 0.335 e. The summed E-state index contributed by atoms with van der Waals surface area (Å²) in [7, 11) is 1.50. The number of carboxylic acids is 1. The summed E-state index contributed by atoms with van der Waals surface area (Å²) in [4.78, 5) is 31.3. The average molecular weight is 500 g/mol. The van der Waals surface area contributed by atoms with Crippen molar-refractivity contribution in [2.24, 2.45) is 4.99 Å². The second-order valence-corrected chi connectivity index (χ2v) is 8.60. The molecule has 0 unspecified atom stereocenters. The number of nitrogens with zero attached hydrogens (tertiary/aromatic N) is 3. The molecule has 0 bridgehead atoms. The fraction of sp³-hybridized carbons (Fsp3) is 0.111. The molecule has 1 saturated heterocycles. The van der Waals surface area contributed by atoms with Crippen LogP contribution < -0.4 is 9.47 Å². The molecule has 0 saturated carbocycles. The summed E-state index contributed by atoms with van der Waals surface area (Å²) in [5.41, 5.74) is 2.38. The number of aliphatic imine (C=N–C) groups is 1. The van der Waals surface area contributed by atoms with Crippen molar-refractivity contribution in [1.29, 1.82) is 5.26 Å². The molecule has 180 valence electrons. The highest BCUT2D eigenvalue weighted by Gasteiger charge is 2.33. The van der Waals surface area contributed by atoms with Crippen molar-refractivity contribution in [3.05, 3.63) is 94.4 Å². The largest absolute Gasteiger partial charge is 0.493 e. The Morgan fingerprint density at radius 1 is 1.11 bits per heavy atom. The van der Waals surface area contributed by atoms with Gasteiger partial charge in [-0.3, -0.25) is 9.69 Å². The van der Waals surface area contributed by atoms with Crippen molar-refractivity contribution in [2.75, 3.05) is 13.7 Å². The third kappa shape index (κ3) is 5.74. The van der Waals surface area contributed by atoms with Crippen molar-refractivity contribution in [3.63, 3.8) is 0 Å². The number of carbonyl (C=O) groups excluding carboxylic acids is 1. The van der Waals surface area contributed by atoms with E-state index < -0.39 is 5.97 Å². The van der Waals surface area contributed by atoms with Crippen LogP contribution in [0.5, 0.6) is 11.5 Å². The van der Waals surface area contributed by atoms with Gasteiger partial charge in [-0.2, -0.15) is 5.26 Å². The molecule has 3 aromatic rings. The van der Waals surface area contributed by atoms with E-state index in [4.69, 9.17) is 19.8 Å². The molecule has 4 rings (SSSR count). The van der Waals surface area contributed by atoms with Crippen LogP contribution >= 0.6 is 11.8 Å². The number of carboxylic acid groups (broad SMARTS) is 1. The van der Waals surface area contributed by atoms with Crippen LogP contribution in [0.15, 0.2) is 82.7 Å². The molecule has 1 aliphatic rings. The third-order valence-corrected chi connectivity index (χ3v) is 6.19. The minimum Gasteiger partial charge on any atom is -0.493 e. The molecule has 0 radical (unpaired) electrons. The lowest BCUT2D eigenvalue weighted by atomic mass is 10.1. The van der Waals surface area contributed by atoms with Gasteiger partial charge < -0.3 is 14.6 Å². The monoisotopic (exact) mass is 499 g/mol. The minimum absolute atomic E-state index is 0.104. The van der Waals surface area contributed by atoms with Gasteiger partial charge in [0.25, 0.3) is 5.91 Å². The van der Waals surface area contributed by atoms with Gasteiger partial charge in [0, 0.05) is 0 Å².